The molecule has 1 unspecified atom stereocenters. The molecule has 2 aromatic carbocycles. The predicted octanol–water partition coefficient (Wildman–Crippen LogP) is 3.57. The van der Waals surface area contributed by atoms with Crippen LogP contribution < -0.4 is 20.5 Å². The van der Waals surface area contributed by atoms with Crippen molar-refractivity contribution in [1.82, 2.24) is 9.97 Å². The highest BCUT2D eigenvalue weighted by Crippen LogP contribution is 2.24. The normalized spacial score (nSPS) is 12.0. The van der Waals surface area contributed by atoms with Gasteiger partial charge in [0.05, 0.1) is 18.7 Å². The van der Waals surface area contributed by atoms with Crippen molar-refractivity contribution in [2.45, 2.75) is 24.3 Å². The fourth-order valence-corrected chi connectivity index (χ4v) is 3.23. The fourth-order valence-electron chi connectivity index (χ4n) is 2.60. The summed E-state index contributed by atoms with van der Waals surface area (Å²) in [5.41, 5.74) is 0.646. The summed E-state index contributed by atoms with van der Waals surface area (Å²) in [7, 11) is -4.27. The molecule has 0 aliphatic rings. The number of sulfonamides is 1. The highest BCUT2D eigenvalue weighted by molar-refractivity contribution is 7.89. The Morgan fingerprint density at radius 1 is 1.12 bits per heavy atom. The van der Waals surface area contributed by atoms with Crippen LogP contribution in [0, 0.1) is 23.0 Å². The summed E-state index contributed by atoms with van der Waals surface area (Å²) in [6.07, 6.45) is 0.894. The number of nitrogens with one attached hydrogen (secondary N) is 2. The summed E-state index contributed by atoms with van der Waals surface area (Å²) >= 11 is 0. The molecule has 0 spiro atoms. The molecule has 0 saturated carbocycles. The topological polar surface area (TPSA) is 143 Å². The van der Waals surface area contributed by atoms with Crippen LogP contribution >= 0.6 is 0 Å². The zero-order valence-electron chi connectivity index (χ0n) is 16.7. The van der Waals surface area contributed by atoms with Crippen molar-refractivity contribution in [1.29, 1.82) is 5.26 Å². The lowest BCUT2D eigenvalue weighted by atomic mass is 10.2. The molecule has 1 heterocycles. The zero-order valence-corrected chi connectivity index (χ0v) is 17.5. The smallest absolute Gasteiger partial charge is 0.241 e. The third-order valence-electron chi connectivity index (χ3n) is 4.07. The van der Waals surface area contributed by atoms with Crippen LogP contribution in [-0.4, -0.2) is 24.5 Å². The minimum absolute atomic E-state index is 0.0637. The standard InChI is InChI=1S/C20H18F2N6O3S/c1-12(8-9-23)31-15-5-2-13(3-6-15)26-19-17(22)11-25-20(28-19)27-14-4-7-16(21)18(10-14)32(24,29)30/h2-7,10-12H,8H2,1H3,(H2,24,29,30)(H2,25,26,27,28). The molecule has 0 aliphatic carbocycles. The number of hydrogen-bond donors (Lipinski definition) is 3. The van der Waals surface area contributed by atoms with Crippen LogP contribution in [0.3, 0.4) is 0 Å². The van der Waals surface area contributed by atoms with E-state index >= 15 is 0 Å². The summed E-state index contributed by atoms with van der Waals surface area (Å²) in [5, 5.41) is 19.2. The summed E-state index contributed by atoms with van der Waals surface area (Å²) in [5.74, 6) is -1.41. The number of halogens is 2. The van der Waals surface area contributed by atoms with Crippen molar-refractivity contribution in [3.8, 4) is 11.8 Å². The summed E-state index contributed by atoms with van der Waals surface area (Å²) < 4.78 is 56.4. The first-order chi connectivity index (χ1) is 15.2. The number of primary sulfonamides is 1. The van der Waals surface area contributed by atoms with E-state index in [2.05, 4.69) is 20.6 Å². The van der Waals surface area contributed by atoms with Gasteiger partial charge in [-0.3, -0.25) is 0 Å². The van der Waals surface area contributed by atoms with Crippen molar-refractivity contribution in [2.24, 2.45) is 5.14 Å². The Morgan fingerprint density at radius 2 is 1.81 bits per heavy atom. The molecule has 0 bridgehead atoms. The molecular weight excluding hydrogens is 442 g/mol. The van der Waals surface area contributed by atoms with Gasteiger partial charge in [0, 0.05) is 11.4 Å². The average Bonchev–Trinajstić information content (AvgIpc) is 2.72. The zero-order chi connectivity index (χ0) is 23.3. The highest BCUT2D eigenvalue weighted by Gasteiger charge is 2.16. The van der Waals surface area contributed by atoms with Gasteiger partial charge in [-0.15, -0.1) is 0 Å². The van der Waals surface area contributed by atoms with Gasteiger partial charge in [0.1, 0.15) is 22.6 Å². The number of benzene rings is 2. The lowest BCUT2D eigenvalue weighted by Gasteiger charge is -2.13. The van der Waals surface area contributed by atoms with E-state index in [1.54, 1.807) is 31.2 Å². The van der Waals surface area contributed by atoms with Gasteiger partial charge in [-0.05, 0) is 49.4 Å². The number of nitrogens with two attached hydrogens (primary N) is 1. The molecule has 0 aliphatic heterocycles. The molecule has 1 atom stereocenters. The fraction of sp³-hybridized carbons (Fsp3) is 0.150. The summed E-state index contributed by atoms with van der Waals surface area (Å²) in [4.78, 5) is 7.12. The molecule has 1 aromatic heterocycles. The minimum atomic E-state index is -4.27. The quantitative estimate of drug-likeness (QED) is 0.463. The van der Waals surface area contributed by atoms with Crippen molar-refractivity contribution in [3.63, 3.8) is 0 Å². The van der Waals surface area contributed by atoms with Crippen molar-refractivity contribution in [2.75, 3.05) is 10.6 Å². The third-order valence-corrected chi connectivity index (χ3v) is 5.00. The molecule has 32 heavy (non-hydrogen) atoms. The van der Waals surface area contributed by atoms with Gasteiger partial charge in [-0.2, -0.15) is 10.2 Å². The molecule has 0 radical (unpaired) electrons. The first kappa shape index (κ1) is 22.9. The number of aromatic nitrogens is 2. The van der Waals surface area contributed by atoms with Gasteiger partial charge >= 0.3 is 0 Å². The lowest BCUT2D eigenvalue weighted by molar-refractivity contribution is 0.227. The van der Waals surface area contributed by atoms with E-state index in [0.29, 0.717) is 11.4 Å². The first-order valence-corrected chi connectivity index (χ1v) is 10.7. The van der Waals surface area contributed by atoms with E-state index in [0.717, 1.165) is 18.3 Å². The van der Waals surface area contributed by atoms with Crippen molar-refractivity contribution < 1.29 is 21.9 Å². The molecular formula is C20H18F2N6O3S. The molecule has 4 N–H and O–H groups in total. The average molecular weight is 460 g/mol. The number of nitrogens with zero attached hydrogens (tertiary/aromatic N) is 3. The van der Waals surface area contributed by atoms with Gasteiger partial charge in [-0.1, -0.05) is 0 Å². The monoisotopic (exact) mass is 460 g/mol. The SMILES string of the molecule is CC(CC#N)Oc1ccc(Nc2nc(Nc3ccc(F)c(S(N)(=O)=O)c3)ncc2F)cc1. The van der Waals surface area contributed by atoms with E-state index < -0.39 is 26.6 Å². The highest BCUT2D eigenvalue weighted by atomic mass is 32.2. The van der Waals surface area contributed by atoms with Crippen LogP contribution in [-0.2, 0) is 10.0 Å². The van der Waals surface area contributed by atoms with E-state index in [1.165, 1.54) is 6.07 Å². The Morgan fingerprint density at radius 3 is 2.47 bits per heavy atom. The molecule has 0 saturated heterocycles. The van der Waals surface area contributed by atoms with E-state index in [-0.39, 0.29) is 30.0 Å². The van der Waals surface area contributed by atoms with Crippen LogP contribution in [0.25, 0.3) is 0 Å². The predicted molar refractivity (Wildman–Crippen MR) is 113 cm³/mol. The van der Waals surface area contributed by atoms with Gasteiger partial charge in [0.25, 0.3) is 0 Å². The number of nitriles is 1. The summed E-state index contributed by atoms with van der Waals surface area (Å²) in [6, 6.07) is 11.8. The van der Waals surface area contributed by atoms with E-state index in [4.69, 9.17) is 15.1 Å². The molecule has 12 heteroatoms. The second-order valence-electron chi connectivity index (χ2n) is 6.65. The maximum Gasteiger partial charge on any atom is 0.241 e. The van der Waals surface area contributed by atoms with Gasteiger partial charge in [0.2, 0.25) is 16.0 Å². The molecule has 0 amide bonds. The summed E-state index contributed by atoms with van der Waals surface area (Å²) in [6.45, 7) is 1.77. The van der Waals surface area contributed by atoms with Crippen LogP contribution in [0.4, 0.5) is 31.9 Å². The maximum atomic E-state index is 14.2. The number of hydrogen-bond acceptors (Lipinski definition) is 8. The van der Waals surface area contributed by atoms with E-state index in [1.807, 2.05) is 6.07 Å². The van der Waals surface area contributed by atoms with E-state index in [9.17, 15) is 17.2 Å². The van der Waals surface area contributed by atoms with Gasteiger partial charge in [0.15, 0.2) is 11.6 Å². The van der Waals surface area contributed by atoms with Gasteiger partial charge in [-0.25, -0.2) is 27.3 Å². The second-order valence-corrected chi connectivity index (χ2v) is 8.18. The Balaban J connectivity index is 1.76. The third kappa shape index (κ3) is 5.87. The van der Waals surface area contributed by atoms with Crippen LogP contribution in [0.15, 0.2) is 53.6 Å². The maximum absolute atomic E-state index is 14.2. The van der Waals surface area contributed by atoms with Crippen LogP contribution in [0.1, 0.15) is 13.3 Å². The first-order valence-electron chi connectivity index (χ1n) is 9.18. The molecule has 3 aromatic rings. The molecule has 166 valence electrons. The molecule has 3 rings (SSSR count). The Kier molecular flexibility index (Phi) is 6.82. The van der Waals surface area contributed by atoms with Gasteiger partial charge < -0.3 is 15.4 Å². The van der Waals surface area contributed by atoms with Crippen molar-refractivity contribution >= 4 is 33.2 Å². The second kappa shape index (κ2) is 9.54. The Bertz CT molecular complexity index is 1260. The van der Waals surface area contributed by atoms with Crippen LogP contribution in [0.5, 0.6) is 5.75 Å². The minimum Gasteiger partial charge on any atom is -0.490 e. The van der Waals surface area contributed by atoms with Crippen molar-refractivity contribution in [3.05, 3.63) is 60.3 Å². The molecule has 0 fully saturated rings. The molecule has 9 nitrogen and oxygen atoms in total. The Hall–Kier alpha value is -3.82. The van der Waals surface area contributed by atoms with Crippen LogP contribution in [0.2, 0.25) is 0 Å². The largest absolute Gasteiger partial charge is 0.490 e. The number of ether oxygens (including phenoxy) is 1. The number of rotatable bonds is 8. The number of anilines is 4. The Labute approximate surface area is 182 Å². The lowest BCUT2D eigenvalue weighted by Crippen LogP contribution is -2.14.